The zero-order chi connectivity index (χ0) is 18.8. The molecule has 26 heavy (non-hydrogen) atoms. The number of benzene rings is 2. The zero-order valence-corrected chi connectivity index (χ0v) is 15.2. The first kappa shape index (κ1) is 18.0. The van der Waals surface area contributed by atoms with Crippen LogP contribution in [-0.4, -0.2) is 41.8 Å². The highest BCUT2D eigenvalue weighted by molar-refractivity contribution is 5.79. The van der Waals surface area contributed by atoms with Crippen molar-refractivity contribution < 1.29 is 19.4 Å². The van der Waals surface area contributed by atoms with Gasteiger partial charge in [-0.15, -0.1) is 0 Å². The molecule has 2 aromatic carbocycles. The van der Waals surface area contributed by atoms with Gasteiger partial charge in [0.2, 0.25) is 0 Å². The molecule has 1 N–H and O–H groups in total. The largest absolute Gasteiger partial charge is 0.481 e. The van der Waals surface area contributed by atoms with Crippen LogP contribution in [0.5, 0.6) is 0 Å². The van der Waals surface area contributed by atoms with E-state index < -0.39 is 24.0 Å². The van der Waals surface area contributed by atoms with Gasteiger partial charge in [-0.2, -0.15) is 0 Å². The first-order valence-corrected chi connectivity index (χ1v) is 8.72. The molecule has 3 rings (SSSR count). The molecule has 1 aliphatic carbocycles. The highest BCUT2D eigenvalue weighted by atomic mass is 16.6. The molecule has 0 fully saturated rings. The van der Waals surface area contributed by atoms with Crippen molar-refractivity contribution in [2.75, 3.05) is 13.7 Å². The molecule has 0 bridgehead atoms. The van der Waals surface area contributed by atoms with Gasteiger partial charge in [-0.1, -0.05) is 48.5 Å². The van der Waals surface area contributed by atoms with Crippen molar-refractivity contribution in [1.29, 1.82) is 0 Å². The van der Waals surface area contributed by atoms with E-state index in [2.05, 4.69) is 24.3 Å². The Morgan fingerprint density at radius 2 is 1.54 bits per heavy atom. The van der Waals surface area contributed by atoms with Gasteiger partial charge < -0.3 is 14.7 Å². The number of carboxylic acids is 1. The summed E-state index contributed by atoms with van der Waals surface area (Å²) in [6, 6.07) is 15.8. The highest BCUT2D eigenvalue weighted by Crippen LogP contribution is 2.44. The molecule has 0 saturated heterocycles. The van der Waals surface area contributed by atoms with Crippen LogP contribution in [0.25, 0.3) is 11.1 Å². The van der Waals surface area contributed by atoms with E-state index in [1.807, 2.05) is 24.3 Å². The molecule has 0 heterocycles. The van der Waals surface area contributed by atoms with E-state index in [-0.39, 0.29) is 12.5 Å². The lowest BCUT2D eigenvalue weighted by Gasteiger charge is -2.27. The van der Waals surface area contributed by atoms with E-state index >= 15 is 0 Å². The fourth-order valence-corrected chi connectivity index (χ4v) is 3.40. The predicted octanol–water partition coefficient (Wildman–Crippen LogP) is 3.98. The Morgan fingerprint density at radius 1 is 1.04 bits per heavy atom. The van der Waals surface area contributed by atoms with E-state index in [1.165, 1.54) is 16.0 Å². The van der Waals surface area contributed by atoms with Crippen LogP contribution in [0.3, 0.4) is 0 Å². The number of carbonyl (C=O) groups excluding carboxylic acids is 1. The van der Waals surface area contributed by atoms with E-state index in [0.29, 0.717) is 0 Å². The number of hydrogen-bond donors (Lipinski definition) is 1. The summed E-state index contributed by atoms with van der Waals surface area (Å²) < 4.78 is 5.55. The maximum Gasteiger partial charge on any atom is 0.409 e. The summed E-state index contributed by atoms with van der Waals surface area (Å²) in [5.41, 5.74) is 4.64. The number of ether oxygens (including phenoxy) is 1. The number of nitrogens with zero attached hydrogens (tertiary/aromatic N) is 1. The van der Waals surface area contributed by atoms with E-state index in [9.17, 15) is 9.59 Å². The van der Waals surface area contributed by atoms with E-state index in [4.69, 9.17) is 9.84 Å². The Morgan fingerprint density at radius 3 is 2.04 bits per heavy atom. The van der Waals surface area contributed by atoms with Crippen molar-refractivity contribution in [2.24, 2.45) is 5.92 Å². The molecule has 5 heteroatoms. The van der Waals surface area contributed by atoms with Crippen molar-refractivity contribution in [3.05, 3.63) is 59.7 Å². The van der Waals surface area contributed by atoms with Crippen LogP contribution < -0.4 is 0 Å². The van der Waals surface area contributed by atoms with Crippen LogP contribution in [0.1, 0.15) is 30.9 Å². The smallest absolute Gasteiger partial charge is 0.409 e. The number of carboxylic acid groups (broad SMARTS) is 1. The van der Waals surface area contributed by atoms with E-state index in [1.54, 1.807) is 20.9 Å². The minimum Gasteiger partial charge on any atom is -0.481 e. The lowest BCUT2D eigenvalue weighted by molar-refractivity contribution is -0.142. The van der Waals surface area contributed by atoms with Crippen molar-refractivity contribution in [2.45, 2.75) is 25.8 Å². The Kier molecular flexibility index (Phi) is 4.98. The molecule has 1 amide bonds. The minimum absolute atomic E-state index is 0.00745. The number of fused-ring (bicyclic) bond motifs is 3. The number of amides is 1. The standard InChI is InChI=1S/C21H23NO4/c1-13(20(23)24)14(2)22(3)21(25)26-12-19-17-10-6-4-8-15(17)16-9-5-7-11-18(16)19/h4-11,13-14,19H,12H2,1-3H3,(H,23,24)/t13-,14-/m0/s1. The maximum absolute atomic E-state index is 12.4. The summed E-state index contributed by atoms with van der Waals surface area (Å²) in [5.74, 6) is -1.61. The topological polar surface area (TPSA) is 66.8 Å². The Labute approximate surface area is 153 Å². The van der Waals surface area contributed by atoms with Gasteiger partial charge >= 0.3 is 12.1 Å². The van der Waals surface area contributed by atoms with Gasteiger partial charge in [0.25, 0.3) is 0 Å². The van der Waals surface area contributed by atoms with Crippen molar-refractivity contribution in [3.8, 4) is 11.1 Å². The average Bonchev–Trinajstić information content (AvgIpc) is 2.98. The van der Waals surface area contributed by atoms with Crippen LogP contribution in [0, 0.1) is 5.92 Å². The molecular weight excluding hydrogens is 330 g/mol. The molecule has 1 aliphatic rings. The SMILES string of the molecule is C[C@H](C(=O)O)[C@H](C)N(C)C(=O)OCC1c2ccccc2-c2ccccc21. The lowest BCUT2D eigenvalue weighted by atomic mass is 9.98. The van der Waals surface area contributed by atoms with Gasteiger partial charge in [0.1, 0.15) is 6.61 Å². The molecule has 0 aromatic heterocycles. The van der Waals surface area contributed by atoms with Gasteiger partial charge in [-0.25, -0.2) is 4.79 Å². The van der Waals surface area contributed by atoms with Gasteiger partial charge in [0, 0.05) is 19.0 Å². The van der Waals surface area contributed by atoms with Gasteiger partial charge in [0.05, 0.1) is 5.92 Å². The summed E-state index contributed by atoms with van der Waals surface area (Å²) in [6.07, 6.45) is -0.507. The quantitative estimate of drug-likeness (QED) is 0.883. The van der Waals surface area contributed by atoms with Crippen LogP contribution in [0.2, 0.25) is 0 Å². The summed E-state index contributed by atoms with van der Waals surface area (Å²) in [4.78, 5) is 24.9. The van der Waals surface area contributed by atoms with Crippen LogP contribution in [0.4, 0.5) is 4.79 Å². The molecule has 0 aliphatic heterocycles. The molecule has 2 atom stereocenters. The second-order valence-electron chi connectivity index (χ2n) is 6.78. The van der Waals surface area contributed by atoms with Gasteiger partial charge in [-0.3, -0.25) is 4.79 Å². The number of aliphatic carboxylic acids is 1. The molecule has 2 aromatic rings. The fraction of sp³-hybridized carbons (Fsp3) is 0.333. The van der Waals surface area contributed by atoms with Crippen molar-refractivity contribution in [3.63, 3.8) is 0 Å². The number of carbonyl (C=O) groups is 2. The molecule has 0 spiro atoms. The van der Waals surface area contributed by atoms with Crippen molar-refractivity contribution in [1.82, 2.24) is 4.90 Å². The summed E-state index contributed by atoms with van der Waals surface area (Å²) >= 11 is 0. The number of hydrogen-bond acceptors (Lipinski definition) is 3. The normalized spacial score (nSPS) is 14.9. The molecule has 0 radical (unpaired) electrons. The average molecular weight is 353 g/mol. The third kappa shape index (κ3) is 3.17. The first-order chi connectivity index (χ1) is 12.4. The second kappa shape index (κ2) is 7.20. The fourth-order valence-electron chi connectivity index (χ4n) is 3.40. The van der Waals surface area contributed by atoms with Crippen molar-refractivity contribution >= 4 is 12.1 Å². The maximum atomic E-state index is 12.4. The summed E-state index contributed by atoms with van der Waals surface area (Å²) in [6.45, 7) is 3.52. The second-order valence-corrected chi connectivity index (χ2v) is 6.78. The zero-order valence-electron chi connectivity index (χ0n) is 15.2. The number of rotatable bonds is 5. The summed E-state index contributed by atoms with van der Waals surface area (Å²) in [7, 11) is 1.57. The van der Waals surface area contributed by atoms with Gasteiger partial charge in [-0.05, 0) is 36.1 Å². The summed E-state index contributed by atoms with van der Waals surface area (Å²) in [5, 5.41) is 9.13. The lowest BCUT2D eigenvalue weighted by Crippen LogP contribution is -2.42. The molecule has 136 valence electrons. The molecular formula is C21H23NO4. The monoisotopic (exact) mass is 353 g/mol. The molecule has 5 nitrogen and oxygen atoms in total. The van der Waals surface area contributed by atoms with Crippen LogP contribution in [0.15, 0.2) is 48.5 Å². The van der Waals surface area contributed by atoms with Gasteiger partial charge in [0.15, 0.2) is 0 Å². The molecule has 0 unspecified atom stereocenters. The third-order valence-corrected chi connectivity index (χ3v) is 5.35. The van der Waals surface area contributed by atoms with E-state index in [0.717, 1.165) is 11.1 Å². The Bertz CT molecular complexity index is 787. The Balaban J connectivity index is 1.74. The van der Waals surface area contributed by atoms with Crippen LogP contribution >= 0.6 is 0 Å². The molecule has 0 saturated carbocycles. The third-order valence-electron chi connectivity index (χ3n) is 5.35. The Hall–Kier alpha value is -2.82. The first-order valence-electron chi connectivity index (χ1n) is 8.72. The highest BCUT2D eigenvalue weighted by Gasteiger charge is 2.31. The van der Waals surface area contributed by atoms with Crippen LogP contribution in [-0.2, 0) is 9.53 Å². The minimum atomic E-state index is -0.934. The predicted molar refractivity (Wildman–Crippen MR) is 99.1 cm³/mol.